The second-order valence-electron chi connectivity index (χ2n) is 5.95. The van der Waals surface area contributed by atoms with E-state index in [0.717, 1.165) is 0 Å². The summed E-state index contributed by atoms with van der Waals surface area (Å²) >= 11 is 0. The number of hydrazone groups is 1. The Hall–Kier alpha value is -4.12. The molecule has 3 aromatic rings. The molecule has 30 heavy (non-hydrogen) atoms. The van der Waals surface area contributed by atoms with Crippen molar-refractivity contribution in [3.8, 4) is 0 Å². The van der Waals surface area contributed by atoms with Crippen LogP contribution in [0.25, 0.3) is 0 Å². The number of benzene rings is 3. The molecule has 0 unspecified atom stereocenters. The number of sulfone groups is 1. The first-order chi connectivity index (χ1) is 14.3. The summed E-state index contributed by atoms with van der Waals surface area (Å²) in [6.07, 6.45) is 0. The van der Waals surface area contributed by atoms with Gasteiger partial charge in [-0.15, -0.1) is 0 Å². The monoisotopic (exact) mass is 426 g/mol. The molecular formula is C19H14N4O6S. The highest BCUT2D eigenvalue weighted by molar-refractivity contribution is 8.07. The lowest BCUT2D eigenvalue weighted by atomic mass is 10.2. The molecule has 0 bridgehead atoms. The molecule has 0 radical (unpaired) electrons. The van der Waals surface area contributed by atoms with Gasteiger partial charge in [0.25, 0.3) is 11.4 Å². The van der Waals surface area contributed by atoms with Gasteiger partial charge >= 0.3 is 0 Å². The predicted octanol–water partition coefficient (Wildman–Crippen LogP) is 3.75. The quantitative estimate of drug-likeness (QED) is 0.273. The summed E-state index contributed by atoms with van der Waals surface area (Å²) in [6, 6.07) is 17.8. The molecule has 0 aliphatic rings. The largest absolute Gasteiger partial charge is 0.277 e. The van der Waals surface area contributed by atoms with Crippen LogP contribution >= 0.6 is 0 Å². The number of non-ortho nitro benzene ring substituents is 2. The average Bonchev–Trinajstić information content (AvgIpc) is 2.75. The molecule has 0 aromatic heterocycles. The van der Waals surface area contributed by atoms with Crippen LogP contribution in [0.4, 0.5) is 17.1 Å². The third kappa shape index (κ3) is 4.47. The van der Waals surface area contributed by atoms with Crippen molar-refractivity contribution in [2.45, 2.75) is 4.90 Å². The standard InChI is InChI=1S/C19H14N4O6S/c24-22(25)16-10-6-14(7-11-16)19(30(28,29)18-4-2-1-3-5-18)21-20-15-8-12-17(13-9-15)23(26)27/h1-13,20H/b21-19+. The molecule has 3 aromatic carbocycles. The highest BCUT2D eigenvalue weighted by Gasteiger charge is 2.25. The van der Waals surface area contributed by atoms with Crippen molar-refractivity contribution in [1.29, 1.82) is 0 Å². The Morgan fingerprint density at radius 3 is 1.77 bits per heavy atom. The Balaban J connectivity index is 2.03. The minimum absolute atomic E-state index is 0.00685. The van der Waals surface area contributed by atoms with Crippen LogP contribution in [0, 0.1) is 20.2 Å². The van der Waals surface area contributed by atoms with Gasteiger partial charge in [-0.25, -0.2) is 8.42 Å². The lowest BCUT2D eigenvalue weighted by molar-refractivity contribution is -0.385. The van der Waals surface area contributed by atoms with Crippen LogP contribution in [0.5, 0.6) is 0 Å². The molecule has 0 saturated heterocycles. The summed E-state index contributed by atoms with van der Waals surface area (Å²) in [6.45, 7) is 0. The highest BCUT2D eigenvalue weighted by atomic mass is 32.2. The van der Waals surface area contributed by atoms with Crippen molar-refractivity contribution in [2.75, 3.05) is 5.43 Å². The SMILES string of the molecule is O=[N+]([O-])c1ccc(N/N=C(\c2ccc([N+](=O)[O-])cc2)S(=O)(=O)c2ccccc2)cc1. The van der Waals surface area contributed by atoms with E-state index in [9.17, 15) is 28.6 Å². The summed E-state index contributed by atoms with van der Waals surface area (Å²) in [4.78, 5) is 20.5. The Morgan fingerprint density at radius 2 is 1.27 bits per heavy atom. The number of anilines is 1. The number of hydrogen-bond acceptors (Lipinski definition) is 8. The maximum Gasteiger partial charge on any atom is 0.269 e. The fourth-order valence-electron chi connectivity index (χ4n) is 2.49. The molecule has 11 heteroatoms. The average molecular weight is 426 g/mol. The molecule has 0 aliphatic carbocycles. The topological polar surface area (TPSA) is 145 Å². The molecule has 152 valence electrons. The fourth-order valence-corrected chi connectivity index (χ4v) is 3.84. The molecule has 1 N–H and O–H groups in total. The van der Waals surface area contributed by atoms with E-state index in [1.807, 2.05) is 0 Å². The molecule has 0 heterocycles. The summed E-state index contributed by atoms with van der Waals surface area (Å²) < 4.78 is 26.2. The van der Waals surface area contributed by atoms with Crippen LogP contribution < -0.4 is 5.43 Å². The van der Waals surface area contributed by atoms with Gasteiger partial charge in [0.2, 0.25) is 9.84 Å². The molecule has 0 amide bonds. The Labute approximate surface area is 170 Å². The predicted molar refractivity (Wildman–Crippen MR) is 110 cm³/mol. The number of rotatable bonds is 6. The number of nitro benzene ring substituents is 2. The first-order valence-electron chi connectivity index (χ1n) is 8.42. The van der Waals surface area contributed by atoms with Crippen molar-refractivity contribution in [2.24, 2.45) is 5.10 Å². The van der Waals surface area contributed by atoms with Crippen LogP contribution in [0.3, 0.4) is 0 Å². The Kier molecular flexibility index (Phi) is 5.83. The fraction of sp³-hybridized carbons (Fsp3) is 0. The van der Waals surface area contributed by atoms with Gasteiger partial charge in [-0.3, -0.25) is 25.7 Å². The van der Waals surface area contributed by atoms with Crippen LogP contribution in [0.15, 0.2) is 88.9 Å². The summed E-state index contributed by atoms with van der Waals surface area (Å²) in [5.74, 6) is 0. The molecule has 3 rings (SSSR count). The summed E-state index contributed by atoms with van der Waals surface area (Å²) in [7, 11) is -4.07. The van der Waals surface area contributed by atoms with Crippen molar-refractivity contribution < 1.29 is 18.3 Å². The molecule has 10 nitrogen and oxygen atoms in total. The van der Waals surface area contributed by atoms with E-state index in [1.165, 1.54) is 60.7 Å². The maximum atomic E-state index is 13.1. The smallest absolute Gasteiger partial charge is 0.269 e. The number of nitrogens with zero attached hydrogens (tertiary/aromatic N) is 3. The summed E-state index contributed by atoms with van der Waals surface area (Å²) in [5, 5.41) is 25.3. The van der Waals surface area contributed by atoms with Crippen LogP contribution in [0.2, 0.25) is 0 Å². The van der Waals surface area contributed by atoms with Gasteiger partial charge in [0.05, 0.1) is 20.4 Å². The maximum absolute atomic E-state index is 13.1. The molecular weight excluding hydrogens is 412 g/mol. The van der Waals surface area contributed by atoms with E-state index < -0.39 is 19.7 Å². The van der Waals surface area contributed by atoms with E-state index in [1.54, 1.807) is 18.2 Å². The van der Waals surface area contributed by atoms with Crippen LogP contribution in [0.1, 0.15) is 5.56 Å². The van der Waals surface area contributed by atoms with Crippen molar-refractivity contribution in [1.82, 2.24) is 0 Å². The minimum atomic E-state index is -4.07. The first kappa shape index (κ1) is 20.6. The number of nitro groups is 2. The van der Waals surface area contributed by atoms with E-state index in [4.69, 9.17) is 0 Å². The van der Waals surface area contributed by atoms with Crippen molar-refractivity contribution in [3.63, 3.8) is 0 Å². The molecule has 0 fully saturated rings. The van der Waals surface area contributed by atoms with Gasteiger partial charge in [0.15, 0.2) is 5.04 Å². The normalized spacial score (nSPS) is 11.7. The molecule has 0 saturated carbocycles. The third-order valence-electron chi connectivity index (χ3n) is 4.00. The third-order valence-corrected chi connectivity index (χ3v) is 5.73. The van der Waals surface area contributed by atoms with E-state index in [2.05, 4.69) is 10.5 Å². The first-order valence-corrected chi connectivity index (χ1v) is 9.90. The van der Waals surface area contributed by atoms with Gasteiger partial charge < -0.3 is 0 Å². The zero-order valence-corrected chi connectivity index (χ0v) is 16.0. The Bertz CT molecular complexity index is 1210. The van der Waals surface area contributed by atoms with Gasteiger partial charge in [-0.2, -0.15) is 5.10 Å². The molecule has 0 aliphatic heterocycles. The van der Waals surface area contributed by atoms with Gasteiger partial charge in [0, 0.05) is 29.8 Å². The number of hydrogen-bond donors (Lipinski definition) is 1. The second-order valence-corrected chi connectivity index (χ2v) is 7.82. The lowest BCUT2D eigenvalue weighted by Crippen LogP contribution is -2.18. The van der Waals surface area contributed by atoms with Gasteiger partial charge in [0.1, 0.15) is 0 Å². The van der Waals surface area contributed by atoms with E-state index in [0.29, 0.717) is 5.69 Å². The zero-order chi connectivity index (χ0) is 21.7. The summed E-state index contributed by atoms with van der Waals surface area (Å²) in [5.41, 5.74) is 2.71. The van der Waals surface area contributed by atoms with Gasteiger partial charge in [-0.1, -0.05) is 18.2 Å². The van der Waals surface area contributed by atoms with Crippen LogP contribution in [-0.4, -0.2) is 23.3 Å². The zero-order valence-electron chi connectivity index (χ0n) is 15.2. The van der Waals surface area contributed by atoms with Crippen molar-refractivity contribution in [3.05, 3.63) is 105 Å². The lowest BCUT2D eigenvalue weighted by Gasteiger charge is -2.10. The van der Waals surface area contributed by atoms with Crippen molar-refractivity contribution >= 4 is 31.9 Å². The minimum Gasteiger partial charge on any atom is -0.277 e. The Morgan fingerprint density at radius 1 is 0.767 bits per heavy atom. The number of nitrogens with one attached hydrogen (secondary N) is 1. The molecule has 0 atom stereocenters. The van der Waals surface area contributed by atoms with Gasteiger partial charge in [-0.05, 0) is 36.4 Å². The molecule has 0 spiro atoms. The second kappa shape index (κ2) is 8.49. The van der Waals surface area contributed by atoms with E-state index in [-0.39, 0.29) is 26.9 Å². The van der Waals surface area contributed by atoms with Crippen LogP contribution in [-0.2, 0) is 9.84 Å². The highest BCUT2D eigenvalue weighted by Crippen LogP contribution is 2.21. The van der Waals surface area contributed by atoms with E-state index >= 15 is 0 Å².